The van der Waals surface area contributed by atoms with E-state index in [0.29, 0.717) is 13.0 Å². The van der Waals surface area contributed by atoms with Gasteiger partial charge in [0, 0.05) is 6.54 Å². The molecule has 24 heavy (non-hydrogen) atoms. The topological polar surface area (TPSA) is 70.6 Å². The van der Waals surface area contributed by atoms with Crippen molar-refractivity contribution in [3.8, 4) is 5.75 Å². The van der Waals surface area contributed by atoms with Crippen LogP contribution in [0.15, 0.2) is 24.3 Å². The van der Waals surface area contributed by atoms with E-state index < -0.39 is 24.9 Å². The smallest absolute Gasteiger partial charge is 0.422 e. The molecule has 5 nitrogen and oxygen atoms in total. The van der Waals surface area contributed by atoms with Crippen LogP contribution < -0.4 is 15.4 Å². The molecule has 0 bridgehead atoms. The molecule has 1 atom stereocenters. The van der Waals surface area contributed by atoms with Crippen LogP contribution in [0.3, 0.4) is 0 Å². The van der Waals surface area contributed by atoms with Gasteiger partial charge in [-0.2, -0.15) is 13.2 Å². The average molecular weight is 348 g/mol. The van der Waals surface area contributed by atoms with E-state index in [1.807, 2.05) is 13.8 Å². The van der Waals surface area contributed by atoms with Crippen molar-refractivity contribution in [2.75, 3.05) is 18.5 Å². The summed E-state index contributed by atoms with van der Waals surface area (Å²) in [6, 6.07) is 5.33. The first-order valence-electron chi connectivity index (χ1n) is 7.50. The minimum Gasteiger partial charge on any atom is -0.482 e. The number of alkyl halides is 3. The highest BCUT2D eigenvalue weighted by Gasteiger charge is 2.29. The molecule has 136 valence electrons. The van der Waals surface area contributed by atoms with E-state index in [1.165, 1.54) is 18.2 Å². The number of aliphatic hydroxyl groups excluding tert-OH is 1. The van der Waals surface area contributed by atoms with Gasteiger partial charge >= 0.3 is 12.2 Å². The lowest BCUT2D eigenvalue weighted by molar-refractivity contribution is -0.153. The largest absolute Gasteiger partial charge is 0.482 e. The summed E-state index contributed by atoms with van der Waals surface area (Å²) in [6.45, 7) is 4.31. The van der Waals surface area contributed by atoms with Gasteiger partial charge in [-0.3, -0.25) is 0 Å². The van der Waals surface area contributed by atoms with Crippen LogP contribution in [0.5, 0.6) is 5.75 Å². The van der Waals surface area contributed by atoms with E-state index in [4.69, 9.17) is 4.74 Å². The fraction of sp³-hybridized carbons (Fsp3) is 0.562. The molecule has 0 fully saturated rings. The number of ether oxygens (including phenoxy) is 1. The Bertz CT molecular complexity index is 546. The first-order chi connectivity index (χ1) is 11.0. The molecule has 1 aromatic rings. The molecule has 1 rings (SSSR count). The highest BCUT2D eigenvalue weighted by molar-refractivity contribution is 5.90. The highest BCUT2D eigenvalue weighted by Crippen LogP contribution is 2.26. The molecule has 0 saturated carbocycles. The summed E-state index contributed by atoms with van der Waals surface area (Å²) in [7, 11) is 0. The second-order valence-electron chi connectivity index (χ2n) is 6.43. The maximum Gasteiger partial charge on any atom is 0.422 e. The summed E-state index contributed by atoms with van der Waals surface area (Å²) in [6.07, 6.45) is -4.46. The first-order valence-corrected chi connectivity index (χ1v) is 7.50. The van der Waals surface area contributed by atoms with Gasteiger partial charge in [-0.25, -0.2) is 4.79 Å². The Balaban J connectivity index is 2.61. The average Bonchev–Trinajstić information content (AvgIpc) is 2.42. The Labute approximate surface area is 139 Å². The number of anilines is 1. The Morgan fingerprint density at radius 2 is 1.92 bits per heavy atom. The van der Waals surface area contributed by atoms with Crippen molar-refractivity contribution in [2.24, 2.45) is 5.41 Å². The van der Waals surface area contributed by atoms with E-state index in [0.717, 1.165) is 0 Å². The molecule has 0 saturated heterocycles. The molecule has 0 aliphatic carbocycles. The number of hydrogen-bond donors (Lipinski definition) is 3. The number of urea groups is 1. The summed E-state index contributed by atoms with van der Waals surface area (Å²) in [5, 5.41) is 14.5. The minimum absolute atomic E-state index is 0.0618. The van der Waals surface area contributed by atoms with Gasteiger partial charge in [0.15, 0.2) is 6.61 Å². The Morgan fingerprint density at radius 1 is 1.29 bits per heavy atom. The molecule has 1 unspecified atom stereocenters. The van der Waals surface area contributed by atoms with Crippen LogP contribution in [-0.2, 0) is 0 Å². The van der Waals surface area contributed by atoms with Gasteiger partial charge in [0.1, 0.15) is 5.75 Å². The fourth-order valence-electron chi connectivity index (χ4n) is 2.21. The van der Waals surface area contributed by atoms with Gasteiger partial charge in [0.25, 0.3) is 0 Å². The van der Waals surface area contributed by atoms with Crippen LogP contribution in [0.1, 0.15) is 27.2 Å². The third-order valence-electron chi connectivity index (χ3n) is 3.10. The predicted octanol–water partition coefficient (Wildman–Crippen LogP) is 3.55. The van der Waals surface area contributed by atoms with Crippen molar-refractivity contribution in [3.05, 3.63) is 24.3 Å². The molecule has 0 aliphatic rings. The van der Waals surface area contributed by atoms with E-state index in [2.05, 4.69) is 10.6 Å². The minimum atomic E-state index is -4.46. The van der Waals surface area contributed by atoms with Crippen LogP contribution in [0.4, 0.5) is 23.7 Å². The van der Waals surface area contributed by atoms with Crippen molar-refractivity contribution in [1.82, 2.24) is 5.32 Å². The normalized spacial score (nSPS) is 13.3. The number of hydrogen-bond acceptors (Lipinski definition) is 3. The zero-order valence-electron chi connectivity index (χ0n) is 13.9. The van der Waals surface area contributed by atoms with Crippen molar-refractivity contribution in [1.29, 1.82) is 0 Å². The van der Waals surface area contributed by atoms with Gasteiger partial charge in [-0.15, -0.1) is 0 Å². The second kappa shape index (κ2) is 8.23. The summed E-state index contributed by atoms with van der Waals surface area (Å²) in [4.78, 5) is 11.9. The zero-order valence-corrected chi connectivity index (χ0v) is 13.9. The molecule has 0 aromatic heterocycles. The number of nitrogens with one attached hydrogen (secondary N) is 2. The van der Waals surface area contributed by atoms with Crippen LogP contribution >= 0.6 is 0 Å². The van der Waals surface area contributed by atoms with Crippen LogP contribution in [0.2, 0.25) is 0 Å². The molecular weight excluding hydrogens is 325 g/mol. The van der Waals surface area contributed by atoms with Crippen LogP contribution in [0.25, 0.3) is 0 Å². The Morgan fingerprint density at radius 3 is 2.50 bits per heavy atom. The summed E-state index contributed by atoms with van der Waals surface area (Å²) < 4.78 is 41.4. The maximum atomic E-state index is 12.2. The molecule has 2 amide bonds. The second-order valence-corrected chi connectivity index (χ2v) is 6.43. The number of amides is 2. The van der Waals surface area contributed by atoms with E-state index in [-0.39, 0.29) is 16.9 Å². The van der Waals surface area contributed by atoms with Crippen molar-refractivity contribution in [3.63, 3.8) is 0 Å². The number of carbonyl (C=O) groups excluding carboxylic acids is 1. The fourth-order valence-corrected chi connectivity index (χ4v) is 2.21. The third-order valence-corrected chi connectivity index (χ3v) is 3.10. The van der Waals surface area contributed by atoms with Gasteiger partial charge in [-0.05, 0) is 30.9 Å². The van der Waals surface area contributed by atoms with Gasteiger partial charge in [0.2, 0.25) is 0 Å². The van der Waals surface area contributed by atoms with Crippen molar-refractivity contribution < 1.29 is 27.8 Å². The number of para-hydroxylation sites is 2. The number of halogens is 3. The van der Waals surface area contributed by atoms with E-state index in [1.54, 1.807) is 13.0 Å². The number of rotatable bonds is 7. The molecule has 0 heterocycles. The molecule has 0 aliphatic heterocycles. The monoisotopic (exact) mass is 348 g/mol. The highest BCUT2D eigenvalue weighted by atomic mass is 19.4. The predicted molar refractivity (Wildman–Crippen MR) is 85.1 cm³/mol. The lowest BCUT2D eigenvalue weighted by Gasteiger charge is -2.26. The molecule has 3 N–H and O–H groups in total. The van der Waals surface area contributed by atoms with Crippen LogP contribution in [-0.4, -0.2) is 36.6 Å². The lowest BCUT2D eigenvalue weighted by atomic mass is 9.87. The molecule has 0 spiro atoms. The lowest BCUT2D eigenvalue weighted by Crippen LogP contribution is -2.38. The third kappa shape index (κ3) is 8.05. The van der Waals surface area contributed by atoms with E-state index >= 15 is 0 Å². The zero-order chi connectivity index (χ0) is 18.4. The maximum absolute atomic E-state index is 12.2. The van der Waals surface area contributed by atoms with Crippen molar-refractivity contribution >= 4 is 11.7 Å². The SMILES string of the molecule is CC(O)CC(C)(C)CNC(=O)Nc1ccccc1OCC(F)(F)F. The standard InChI is InChI=1S/C16H23F3N2O3/c1-11(22)8-15(2,3)9-20-14(23)21-12-6-4-5-7-13(12)24-10-16(17,18)19/h4-7,11,22H,8-10H2,1-3H3,(H2,20,21,23). The number of aliphatic hydroxyl groups is 1. The molecule has 0 radical (unpaired) electrons. The quantitative estimate of drug-likeness (QED) is 0.706. The summed E-state index contributed by atoms with van der Waals surface area (Å²) >= 11 is 0. The van der Waals surface area contributed by atoms with Gasteiger partial charge in [0.05, 0.1) is 11.8 Å². The Kier molecular flexibility index (Phi) is 6.89. The van der Waals surface area contributed by atoms with E-state index in [9.17, 15) is 23.1 Å². The molecular formula is C16H23F3N2O3. The first kappa shape index (κ1) is 20.1. The molecule has 1 aromatic carbocycles. The van der Waals surface area contributed by atoms with Crippen LogP contribution in [0, 0.1) is 5.41 Å². The van der Waals surface area contributed by atoms with Crippen molar-refractivity contribution in [2.45, 2.75) is 39.5 Å². The van der Waals surface area contributed by atoms with Gasteiger partial charge < -0.3 is 20.5 Å². The summed E-state index contributed by atoms with van der Waals surface area (Å²) in [5.41, 5.74) is -0.176. The van der Waals surface area contributed by atoms with Gasteiger partial charge in [-0.1, -0.05) is 26.0 Å². The summed E-state index contributed by atoms with van der Waals surface area (Å²) in [5.74, 6) is -0.0618. The number of carbonyl (C=O) groups is 1. The Hall–Kier alpha value is -1.96. The molecule has 8 heteroatoms. The number of benzene rings is 1.